The highest BCUT2D eigenvalue weighted by molar-refractivity contribution is 7.92. The van der Waals surface area contributed by atoms with Gasteiger partial charge in [-0.3, -0.25) is 14.8 Å². The van der Waals surface area contributed by atoms with Crippen LogP contribution in [-0.2, 0) is 14.8 Å². The summed E-state index contributed by atoms with van der Waals surface area (Å²) in [5.74, 6) is -2.77. The lowest BCUT2D eigenvalue weighted by molar-refractivity contribution is -0.192. The fourth-order valence-electron chi connectivity index (χ4n) is 2.40. The molecule has 0 bridgehead atoms. The first-order chi connectivity index (χ1) is 16.0. The summed E-state index contributed by atoms with van der Waals surface area (Å²) in [4.78, 5) is 13.0. The molecule has 0 aliphatic heterocycles. The molecule has 180 valence electrons. The van der Waals surface area contributed by atoms with Gasteiger partial charge in [-0.2, -0.15) is 18.3 Å². The second-order valence-corrected chi connectivity index (χ2v) is 9.47. The van der Waals surface area contributed by atoms with Crippen molar-refractivity contribution < 1.29 is 31.5 Å². The summed E-state index contributed by atoms with van der Waals surface area (Å²) in [6.07, 6.45) is -0.261. The number of sulfonamides is 1. The van der Waals surface area contributed by atoms with Gasteiger partial charge in [0, 0.05) is 22.8 Å². The molecule has 0 saturated carbocycles. The van der Waals surface area contributed by atoms with Gasteiger partial charge in [-0.05, 0) is 31.2 Å². The summed E-state index contributed by atoms with van der Waals surface area (Å²) in [6.45, 7) is 1.57. The third-order valence-electron chi connectivity index (χ3n) is 4.00. The Bertz CT molecular complexity index is 1400. The molecule has 4 N–H and O–H groups in total. The molecule has 3 heterocycles. The maximum Gasteiger partial charge on any atom is 0.490 e. The van der Waals surface area contributed by atoms with Crippen molar-refractivity contribution in [1.29, 1.82) is 0 Å². The van der Waals surface area contributed by atoms with E-state index in [1.165, 1.54) is 17.5 Å². The first-order valence-corrected chi connectivity index (χ1v) is 11.7. The van der Waals surface area contributed by atoms with Gasteiger partial charge in [-0.1, -0.05) is 11.3 Å². The van der Waals surface area contributed by atoms with Crippen LogP contribution in [0.25, 0.3) is 21.5 Å². The average Bonchev–Trinajstić information content (AvgIpc) is 3.43. The number of anilines is 3. The number of hydrogen-bond donors (Lipinski definition) is 4. The highest BCUT2D eigenvalue weighted by Crippen LogP contribution is 2.30. The lowest BCUT2D eigenvalue weighted by Gasteiger charge is -2.06. The fraction of sp³-hybridized carbons (Fsp3) is 0.167. The summed E-state index contributed by atoms with van der Waals surface area (Å²) >= 11 is 1.35. The van der Waals surface area contributed by atoms with Crippen LogP contribution in [-0.4, -0.2) is 56.8 Å². The van der Waals surface area contributed by atoms with Gasteiger partial charge in [-0.15, -0.1) is 10.2 Å². The molecule has 0 fully saturated rings. The predicted molar refractivity (Wildman–Crippen MR) is 119 cm³/mol. The maximum absolute atomic E-state index is 11.7. The second kappa shape index (κ2) is 10.0. The molecule has 0 unspecified atom stereocenters. The lowest BCUT2D eigenvalue weighted by atomic mass is 10.2. The Hall–Kier alpha value is -3.79. The third-order valence-corrected chi connectivity index (χ3v) is 6.19. The van der Waals surface area contributed by atoms with E-state index in [4.69, 9.17) is 9.90 Å². The molecular formula is C18H16F3N7O4S2. The zero-order valence-corrected chi connectivity index (χ0v) is 18.8. The maximum atomic E-state index is 11.7. The zero-order valence-electron chi connectivity index (χ0n) is 17.2. The van der Waals surface area contributed by atoms with Crippen molar-refractivity contribution in [3.63, 3.8) is 0 Å². The largest absolute Gasteiger partial charge is 0.490 e. The number of carboxylic acids is 1. The molecule has 0 atom stereocenters. The Labute approximate surface area is 194 Å². The molecule has 0 aliphatic carbocycles. The van der Waals surface area contributed by atoms with Crippen LogP contribution in [0.2, 0.25) is 0 Å². The number of carbonyl (C=O) groups is 1. The standard InChI is InChI=1S/C16H15N7O2S2.C2HF3O2/c1-2-27(24,25)23-13-6-11(7-17-9-13)15-21-22-16(26-15)19-12-3-4-14-10(5-12)8-18-20-14;3-2(4,5)1(6)7/h3-9,23H,2H2,1H3,(H,18,20)(H,19,22);(H,6,7). The number of benzene rings is 1. The van der Waals surface area contributed by atoms with E-state index >= 15 is 0 Å². The lowest BCUT2D eigenvalue weighted by Crippen LogP contribution is -2.21. The number of halogens is 3. The molecule has 0 spiro atoms. The number of pyridine rings is 1. The van der Waals surface area contributed by atoms with Crippen LogP contribution in [0.4, 0.5) is 29.7 Å². The molecule has 3 aromatic heterocycles. The van der Waals surface area contributed by atoms with E-state index in [-0.39, 0.29) is 5.75 Å². The number of nitrogens with one attached hydrogen (secondary N) is 3. The van der Waals surface area contributed by atoms with Gasteiger partial charge in [-0.25, -0.2) is 13.2 Å². The van der Waals surface area contributed by atoms with Crippen molar-refractivity contribution in [2.45, 2.75) is 13.1 Å². The van der Waals surface area contributed by atoms with Crippen LogP contribution >= 0.6 is 11.3 Å². The molecule has 0 radical (unpaired) electrons. The number of rotatable bonds is 6. The molecule has 1 aromatic carbocycles. The van der Waals surface area contributed by atoms with Gasteiger partial charge >= 0.3 is 12.1 Å². The quantitative estimate of drug-likeness (QED) is 0.300. The number of carboxylic acid groups (broad SMARTS) is 1. The van der Waals surface area contributed by atoms with Gasteiger partial charge in [0.1, 0.15) is 0 Å². The predicted octanol–water partition coefficient (Wildman–Crippen LogP) is 3.61. The molecule has 4 aromatic rings. The number of H-pyrrole nitrogens is 1. The minimum absolute atomic E-state index is 0.00882. The van der Waals surface area contributed by atoms with E-state index in [0.717, 1.165) is 16.6 Å². The fourth-order valence-corrected chi connectivity index (χ4v) is 3.76. The van der Waals surface area contributed by atoms with Gasteiger partial charge in [0.05, 0.1) is 29.4 Å². The van der Waals surface area contributed by atoms with Crippen LogP contribution in [0, 0.1) is 0 Å². The molecule has 4 rings (SSSR count). The smallest absolute Gasteiger partial charge is 0.475 e. The second-order valence-electron chi connectivity index (χ2n) is 6.48. The van der Waals surface area contributed by atoms with Crippen LogP contribution in [0.5, 0.6) is 0 Å². The van der Waals surface area contributed by atoms with E-state index in [1.54, 1.807) is 25.4 Å². The van der Waals surface area contributed by atoms with Crippen LogP contribution in [0.1, 0.15) is 6.92 Å². The topological polar surface area (TPSA) is 163 Å². The van der Waals surface area contributed by atoms with E-state index in [0.29, 0.717) is 21.4 Å². The number of aromatic amines is 1. The monoisotopic (exact) mass is 515 g/mol. The Morgan fingerprint density at radius 3 is 2.56 bits per heavy atom. The van der Waals surface area contributed by atoms with Gasteiger partial charge in [0.15, 0.2) is 5.01 Å². The highest BCUT2D eigenvalue weighted by Gasteiger charge is 2.38. The van der Waals surface area contributed by atoms with E-state index in [2.05, 4.69) is 35.4 Å². The zero-order chi connectivity index (χ0) is 24.9. The Balaban J connectivity index is 0.000000406. The molecule has 0 aliphatic rings. The first-order valence-electron chi connectivity index (χ1n) is 9.26. The number of alkyl halides is 3. The Morgan fingerprint density at radius 1 is 1.15 bits per heavy atom. The van der Waals surface area contributed by atoms with E-state index < -0.39 is 22.2 Å². The molecule has 16 heteroatoms. The van der Waals surface area contributed by atoms with Crippen molar-refractivity contribution >= 4 is 54.7 Å². The summed E-state index contributed by atoms with van der Waals surface area (Å²) < 4.78 is 57.7. The van der Waals surface area contributed by atoms with Crippen molar-refractivity contribution in [2.75, 3.05) is 15.8 Å². The molecule has 11 nitrogen and oxygen atoms in total. The number of aromatic nitrogens is 5. The number of nitrogens with zero attached hydrogens (tertiary/aromatic N) is 4. The normalized spacial score (nSPS) is 11.5. The molecule has 34 heavy (non-hydrogen) atoms. The van der Waals surface area contributed by atoms with Gasteiger partial charge < -0.3 is 10.4 Å². The molecular weight excluding hydrogens is 499 g/mol. The Kier molecular flexibility index (Phi) is 7.31. The minimum Gasteiger partial charge on any atom is -0.475 e. The van der Waals surface area contributed by atoms with Crippen molar-refractivity contribution in [2.24, 2.45) is 0 Å². The summed E-state index contributed by atoms with van der Waals surface area (Å²) in [5.41, 5.74) is 2.90. The van der Waals surface area contributed by atoms with Crippen LogP contribution < -0.4 is 10.0 Å². The molecule has 0 amide bonds. The number of hydrogen-bond acceptors (Lipinski definition) is 9. The summed E-state index contributed by atoms with van der Waals surface area (Å²) in [6, 6.07) is 7.49. The van der Waals surface area contributed by atoms with Gasteiger partial charge in [0.2, 0.25) is 15.2 Å². The van der Waals surface area contributed by atoms with E-state index in [9.17, 15) is 21.6 Å². The van der Waals surface area contributed by atoms with Crippen molar-refractivity contribution in [1.82, 2.24) is 25.4 Å². The third kappa shape index (κ3) is 6.61. The average molecular weight is 515 g/mol. The number of fused-ring (bicyclic) bond motifs is 1. The minimum atomic E-state index is -5.08. The SMILES string of the molecule is CCS(=O)(=O)Nc1cncc(-c2nnc(Nc3ccc4[nH]ncc4c3)s2)c1.O=C(O)C(F)(F)F. The van der Waals surface area contributed by atoms with Gasteiger partial charge in [0.25, 0.3) is 0 Å². The van der Waals surface area contributed by atoms with Crippen LogP contribution in [0.3, 0.4) is 0 Å². The molecule has 0 saturated heterocycles. The highest BCUT2D eigenvalue weighted by atomic mass is 32.2. The summed E-state index contributed by atoms with van der Waals surface area (Å²) in [7, 11) is -3.36. The summed E-state index contributed by atoms with van der Waals surface area (Å²) in [5, 5.41) is 27.8. The van der Waals surface area contributed by atoms with Crippen molar-refractivity contribution in [3.8, 4) is 10.6 Å². The van der Waals surface area contributed by atoms with E-state index in [1.807, 2.05) is 18.2 Å². The Morgan fingerprint density at radius 2 is 1.88 bits per heavy atom. The number of aliphatic carboxylic acids is 1. The van der Waals surface area contributed by atoms with Crippen molar-refractivity contribution in [3.05, 3.63) is 42.9 Å². The first kappa shape index (κ1) is 24.8. The van der Waals surface area contributed by atoms with Crippen LogP contribution in [0.15, 0.2) is 42.9 Å².